The van der Waals surface area contributed by atoms with E-state index in [9.17, 15) is 29.2 Å². The van der Waals surface area contributed by atoms with E-state index >= 15 is 8.78 Å². The van der Waals surface area contributed by atoms with Crippen molar-refractivity contribution in [2.45, 2.75) is 118 Å². The van der Waals surface area contributed by atoms with Crippen molar-refractivity contribution < 1.29 is 47.4 Å². The van der Waals surface area contributed by atoms with Crippen LogP contribution in [0.25, 0.3) is 33.2 Å². The second kappa shape index (κ2) is 20.9. The number of pyridine rings is 2. The number of amides is 2. The number of hydrogen-bond acceptors (Lipinski definition) is 16. The number of anilines is 2. The molecule has 0 bridgehead atoms. The molecule has 4 aliphatic heterocycles. The fraction of sp³-hybridized carbons (Fsp3) is 0.481. The summed E-state index contributed by atoms with van der Waals surface area (Å²) >= 11 is 6.34. The SMILES string of the molecule is Cc1ccnc(C(C)C)c1-n1c(=O)nc2c3c(c(F)c(B(O)O)cc31)OC[C@H]1CN(C(=O)OC(C)(C)C)CCN21.Cc1ccnc(C(C)C)c1-n1c(=O)nc2c3c(c(F)c(Cl)cc31)OC[C@H]1CN(C(=O)OC(C)(C)C)CCN21. The van der Waals surface area contributed by atoms with Crippen LogP contribution in [0.5, 0.6) is 11.5 Å². The maximum absolute atomic E-state index is 15.8. The third kappa shape index (κ3) is 10.4. The van der Waals surface area contributed by atoms with Crippen LogP contribution in [0, 0.1) is 25.5 Å². The number of halogens is 3. The van der Waals surface area contributed by atoms with Gasteiger partial charge in [0.25, 0.3) is 0 Å². The number of aryl methyl sites for hydroxylation is 2. The molecule has 6 aromatic rings. The van der Waals surface area contributed by atoms with Gasteiger partial charge in [-0.25, -0.2) is 28.0 Å². The summed E-state index contributed by atoms with van der Waals surface area (Å²) in [6, 6.07) is 5.44. The number of carbonyl (C=O) groups excluding carboxylic acids is 2. The molecular weight excluding hydrogens is 1030 g/mol. The minimum Gasteiger partial charge on any atom is -0.487 e. The summed E-state index contributed by atoms with van der Waals surface area (Å²) in [7, 11) is -2.16. The molecule has 0 aliphatic carbocycles. The Morgan fingerprint density at radius 1 is 0.692 bits per heavy atom. The lowest BCUT2D eigenvalue weighted by Crippen LogP contribution is -2.57. The number of piperazine rings is 2. The molecule has 2 N–H and O–H groups in total. The number of rotatable bonds is 5. The maximum atomic E-state index is 15.8. The van der Waals surface area contributed by atoms with Gasteiger partial charge in [0.1, 0.15) is 36.1 Å². The van der Waals surface area contributed by atoms with Gasteiger partial charge in [0.15, 0.2) is 23.1 Å². The first-order valence-electron chi connectivity index (χ1n) is 25.9. The van der Waals surface area contributed by atoms with E-state index in [4.69, 9.17) is 30.5 Å². The second-order valence-electron chi connectivity index (χ2n) is 22.6. The molecule has 78 heavy (non-hydrogen) atoms. The number of ether oxygens (including phenoxy) is 4. The Labute approximate surface area is 454 Å². The summed E-state index contributed by atoms with van der Waals surface area (Å²) in [5, 5.41) is 20.5. The Kier molecular flexibility index (Phi) is 14.9. The number of benzene rings is 2. The number of hydrogen-bond donors (Lipinski definition) is 2. The highest BCUT2D eigenvalue weighted by Crippen LogP contribution is 2.43. The van der Waals surface area contributed by atoms with E-state index in [1.807, 2.05) is 78.2 Å². The Morgan fingerprint density at radius 3 is 1.50 bits per heavy atom. The largest absolute Gasteiger partial charge is 0.491 e. The van der Waals surface area contributed by atoms with E-state index in [1.54, 1.807) is 49.0 Å². The average Bonchev–Trinajstić information content (AvgIpc) is 3.86. The van der Waals surface area contributed by atoms with Gasteiger partial charge in [0.05, 0.1) is 61.7 Å². The van der Waals surface area contributed by atoms with Crippen molar-refractivity contribution in [1.82, 2.24) is 38.9 Å². The average molecular weight is 1100 g/mol. The Balaban J connectivity index is 0.000000190. The molecule has 0 spiro atoms. The quantitative estimate of drug-likeness (QED) is 0.172. The zero-order valence-corrected chi connectivity index (χ0v) is 46.5. The lowest BCUT2D eigenvalue weighted by molar-refractivity contribution is 0.0191. The molecule has 2 atom stereocenters. The molecule has 4 aromatic heterocycles. The van der Waals surface area contributed by atoms with E-state index in [2.05, 4.69) is 19.9 Å². The zero-order valence-electron chi connectivity index (χ0n) is 45.8. The van der Waals surface area contributed by atoms with Gasteiger partial charge in [-0.3, -0.25) is 19.1 Å². The topological polar surface area (TPSA) is 220 Å². The summed E-state index contributed by atoms with van der Waals surface area (Å²) in [5.41, 5.74) is 1.68. The van der Waals surface area contributed by atoms with Crippen LogP contribution in [0.4, 0.5) is 30.0 Å². The fourth-order valence-corrected chi connectivity index (χ4v) is 10.6. The molecule has 4 aliphatic rings. The third-order valence-electron chi connectivity index (χ3n) is 13.9. The molecule has 20 nitrogen and oxygen atoms in total. The van der Waals surface area contributed by atoms with Gasteiger partial charge in [-0.2, -0.15) is 9.97 Å². The molecule has 0 radical (unpaired) electrons. The summed E-state index contributed by atoms with van der Waals surface area (Å²) in [5.74, 6) is -1.49. The Bertz CT molecular complexity index is 3510. The van der Waals surface area contributed by atoms with Gasteiger partial charge in [0, 0.05) is 57.1 Å². The highest BCUT2D eigenvalue weighted by Gasteiger charge is 2.41. The fourth-order valence-electron chi connectivity index (χ4n) is 10.4. The van der Waals surface area contributed by atoms with Gasteiger partial charge < -0.3 is 48.6 Å². The maximum Gasteiger partial charge on any atom is 0.491 e. The third-order valence-corrected chi connectivity index (χ3v) is 14.2. The van der Waals surface area contributed by atoms with Crippen LogP contribution in [0.3, 0.4) is 0 Å². The summed E-state index contributed by atoms with van der Waals surface area (Å²) in [6.45, 7) is 24.2. The van der Waals surface area contributed by atoms with Crippen molar-refractivity contribution in [3.63, 3.8) is 0 Å². The molecule has 8 heterocycles. The first kappa shape index (κ1) is 55.6. The predicted octanol–water partition coefficient (Wildman–Crippen LogP) is 6.67. The highest BCUT2D eigenvalue weighted by molar-refractivity contribution is 6.59. The first-order chi connectivity index (χ1) is 36.6. The van der Waals surface area contributed by atoms with E-state index in [0.29, 0.717) is 65.7 Å². The molecule has 2 amide bonds. The molecule has 0 unspecified atom stereocenters. The van der Waals surface area contributed by atoms with Crippen molar-refractivity contribution in [1.29, 1.82) is 0 Å². The normalized spacial score (nSPS) is 17.2. The van der Waals surface area contributed by atoms with Crippen LogP contribution in [-0.2, 0) is 9.47 Å². The summed E-state index contributed by atoms with van der Waals surface area (Å²) < 4.78 is 57.1. The predicted molar refractivity (Wildman–Crippen MR) is 292 cm³/mol. The zero-order chi connectivity index (χ0) is 56.6. The Hall–Kier alpha value is -7.11. The van der Waals surface area contributed by atoms with E-state index in [-0.39, 0.29) is 77.4 Å². The van der Waals surface area contributed by atoms with Crippen molar-refractivity contribution in [2.24, 2.45) is 0 Å². The molecule has 10 rings (SSSR count). The van der Waals surface area contributed by atoms with E-state index in [0.717, 1.165) is 11.1 Å². The monoisotopic (exact) mass is 1100 g/mol. The van der Waals surface area contributed by atoms with Crippen LogP contribution < -0.4 is 36.1 Å². The summed E-state index contributed by atoms with van der Waals surface area (Å²) in [4.78, 5) is 77.9. The number of nitrogens with zero attached hydrogens (tertiary/aromatic N) is 10. The summed E-state index contributed by atoms with van der Waals surface area (Å²) in [6.07, 6.45) is 2.44. The van der Waals surface area contributed by atoms with Crippen molar-refractivity contribution >= 4 is 69.8 Å². The van der Waals surface area contributed by atoms with Gasteiger partial charge in [-0.15, -0.1) is 0 Å². The molecule has 0 saturated carbocycles. The molecule has 414 valence electrons. The van der Waals surface area contributed by atoms with E-state index in [1.165, 1.54) is 21.3 Å². The van der Waals surface area contributed by atoms with Gasteiger partial charge in [-0.05, 0) is 103 Å². The van der Waals surface area contributed by atoms with Crippen molar-refractivity contribution in [2.75, 3.05) is 62.3 Å². The van der Waals surface area contributed by atoms with Crippen LogP contribution >= 0.6 is 11.6 Å². The lowest BCUT2D eigenvalue weighted by Gasteiger charge is -2.41. The van der Waals surface area contributed by atoms with E-state index < -0.39 is 65.0 Å². The number of fused-ring (bicyclic) bond motifs is 4. The minimum absolute atomic E-state index is 0.0131. The van der Waals surface area contributed by atoms with Gasteiger partial charge in [0.2, 0.25) is 0 Å². The van der Waals surface area contributed by atoms with Crippen LogP contribution in [0.2, 0.25) is 5.02 Å². The second-order valence-corrected chi connectivity index (χ2v) is 23.0. The van der Waals surface area contributed by atoms with Gasteiger partial charge in [-0.1, -0.05) is 39.3 Å². The smallest absolute Gasteiger partial charge is 0.487 e. The molecule has 2 aromatic carbocycles. The molecular formula is C54H64BClF2N10O10. The lowest BCUT2D eigenvalue weighted by atomic mass is 9.79. The minimum atomic E-state index is -2.16. The van der Waals surface area contributed by atoms with Crippen molar-refractivity contribution in [3.8, 4) is 22.9 Å². The molecule has 24 heteroatoms. The van der Waals surface area contributed by atoms with Crippen LogP contribution in [0.1, 0.15) is 104 Å². The standard InChI is InChI=1S/C27H33BFN5O6.C27H31ClFN5O4/c1-14(2)21-22(15(3)7-8-30-21)34-18-11-17(28(37)38)20(29)23-19(18)24(31-25(34)35)33-10-9-32(12-16(33)13-39-23)26(36)40-27(4,5)6;1-14(2)21-22(15(3)7-8-30-21)34-18-11-17(28)20(29)23-19(18)24(31-25(34)35)33-10-9-32(12-16(33)13-37-23)26(36)38-27(4,5)6/h7-8,11,14,16,37-38H,9-10,12-13H2,1-6H3;7-8,11,14,16H,9-10,12-13H2,1-6H3/t2*16-/m11/s1. The van der Waals surface area contributed by atoms with Crippen molar-refractivity contribution in [3.05, 3.63) is 96.8 Å². The Morgan fingerprint density at radius 2 is 1.10 bits per heavy atom. The number of aromatic nitrogens is 6. The molecule has 2 saturated heterocycles. The first-order valence-corrected chi connectivity index (χ1v) is 26.3. The van der Waals surface area contributed by atoms with Crippen LogP contribution in [0.15, 0.2) is 46.2 Å². The van der Waals surface area contributed by atoms with Gasteiger partial charge >= 0.3 is 30.7 Å². The number of carbonyl (C=O) groups is 2. The van der Waals surface area contributed by atoms with Crippen LogP contribution in [-0.4, -0.2) is 144 Å². The molecule has 2 fully saturated rings. The highest BCUT2D eigenvalue weighted by atomic mass is 35.5.